The molecule has 1 aromatic heterocycles. The molecule has 47 heavy (non-hydrogen) atoms. The Labute approximate surface area is 277 Å². The van der Waals surface area contributed by atoms with E-state index in [2.05, 4.69) is 22.9 Å². The van der Waals surface area contributed by atoms with Crippen molar-refractivity contribution in [2.75, 3.05) is 38.2 Å². The molecule has 1 aliphatic rings. The lowest BCUT2D eigenvalue weighted by Crippen LogP contribution is -2.54. The van der Waals surface area contributed by atoms with Crippen molar-refractivity contribution in [3.63, 3.8) is 0 Å². The van der Waals surface area contributed by atoms with Gasteiger partial charge in [-0.05, 0) is 74.6 Å². The molecule has 4 N–H and O–H groups in total. The Morgan fingerprint density at radius 3 is 2.40 bits per heavy atom. The van der Waals surface area contributed by atoms with Crippen molar-refractivity contribution in [1.29, 1.82) is 5.41 Å². The maximum Gasteiger partial charge on any atom is 0.412 e. The lowest BCUT2D eigenvalue weighted by atomic mass is 9.89. The number of fused-ring (bicyclic) bond motifs is 1. The molecule has 4 rings (SSSR count). The molecule has 2 amide bonds. The summed E-state index contributed by atoms with van der Waals surface area (Å²) in [5, 5.41) is 17.3. The second-order valence-corrected chi connectivity index (χ2v) is 12.1. The van der Waals surface area contributed by atoms with Crippen molar-refractivity contribution < 1.29 is 23.9 Å². The fourth-order valence-corrected chi connectivity index (χ4v) is 5.61. The van der Waals surface area contributed by atoms with Crippen LogP contribution in [-0.4, -0.2) is 71.1 Å². The monoisotopic (exact) mass is 647 g/mol. The minimum atomic E-state index is -1.13. The third-order valence-corrected chi connectivity index (χ3v) is 8.51. The topological polar surface area (TPSA) is 151 Å². The standard InChI is InChI=1S/C35H49N7O5/c1-5-7-8-11-21-47-34(45)40-32(36)25-12-15-27(16-13-25)37-23-30-39-28-22-26(14-17-29(28)41(30)4)35(3,33(44)42-18-9-10-19-42)38-24-31(43)46-20-6-2/h12-17,22,37-38H,5-11,18-21,23-24H2,1-4H3,(H2,36,40,45)/t35-/m1/s1. The highest BCUT2D eigenvalue weighted by Gasteiger charge is 2.40. The average molecular weight is 648 g/mol. The Morgan fingerprint density at radius 1 is 0.957 bits per heavy atom. The molecule has 0 saturated carbocycles. The smallest absolute Gasteiger partial charge is 0.412 e. The zero-order valence-electron chi connectivity index (χ0n) is 28.1. The van der Waals surface area contributed by atoms with E-state index in [1.165, 1.54) is 0 Å². The maximum absolute atomic E-state index is 13.8. The van der Waals surface area contributed by atoms with E-state index in [0.717, 1.165) is 73.1 Å². The van der Waals surface area contributed by atoms with Crippen LogP contribution in [0.2, 0.25) is 0 Å². The normalized spacial score (nSPS) is 14.1. The van der Waals surface area contributed by atoms with Crippen LogP contribution in [-0.2, 0) is 38.2 Å². The van der Waals surface area contributed by atoms with Gasteiger partial charge < -0.3 is 24.3 Å². The number of likely N-dealkylation sites (tertiary alicyclic amines) is 1. The summed E-state index contributed by atoms with van der Waals surface area (Å²) in [6.07, 6.45) is 6.09. The molecule has 3 aromatic rings. The summed E-state index contributed by atoms with van der Waals surface area (Å²) in [6, 6.07) is 13.0. The minimum absolute atomic E-state index is 0.0242. The van der Waals surface area contributed by atoms with Crippen LogP contribution in [0.15, 0.2) is 42.5 Å². The first-order chi connectivity index (χ1) is 22.7. The van der Waals surface area contributed by atoms with Crippen LogP contribution < -0.4 is 16.0 Å². The van der Waals surface area contributed by atoms with Crippen LogP contribution in [0.4, 0.5) is 10.5 Å². The Balaban J connectivity index is 1.41. The molecule has 2 heterocycles. The lowest BCUT2D eigenvalue weighted by Gasteiger charge is -2.34. The van der Waals surface area contributed by atoms with Gasteiger partial charge in [-0.25, -0.2) is 9.78 Å². The van der Waals surface area contributed by atoms with Crippen LogP contribution in [0, 0.1) is 5.41 Å². The second kappa shape index (κ2) is 16.9. The summed E-state index contributed by atoms with van der Waals surface area (Å²) in [5.74, 6) is 0.308. The first kappa shape index (κ1) is 35.4. The minimum Gasteiger partial charge on any atom is -0.465 e. The van der Waals surface area contributed by atoms with Gasteiger partial charge in [-0.15, -0.1) is 0 Å². The SMILES string of the molecule is CCCCCCOC(=O)NC(=N)c1ccc(NCc2nc3cc([C@@](C)(NCC(=O)OCCC)C(=O)N4CCCC4)ccc3n2C)cc1. The molecule has 254 valence electrons. The zero-order chi connectivity index (χ0) is 33.8. The van der Waals surface area contributed by atoms with E-state index in [1.54, 1.807) is 12.1 Å². The number of hydrogen-bond acceptors (Lipinski definition) is 9. The third-order valence-electron chi connectivity index (χ3n) is 8.51. The van der Waals surface area contributed by atoms with E-state index in [0.29, 0.717) is 38.4 Å². The molecule has 12 heteroatoms. The van der Waals surface area contributed by atoms with Gasteiger partial charge in [0.2, 0.25) is 5.91 Å². The fourth-order valence-electron chi connectivity index (χ4n) is 5.61. The highest BCUT2D eigenvalue weighted by atomic mass is 16.5. The number of carbonyl (C=O) groups excluding carboxylic acids is 3. The molecule has 0 radical (unpaired) electrons. The Morgan fingerprint density at radius 2 is 1.70 bits per heavy atom. The summed E-state index contributed by atoms with van der Waals surface area (Å²) in [4.78, 5) is 44.9. The molecular weight excluding hydrogens is 598 g/mol. The molecule has 0 spiro atoms. The molecule has 0 bridgehead atoms. The van der Waals surface area contributed by atoms with Gasteiger partial charge in [-0.3, -0.25) is 25.6 Å². The summed E-state index contributed by atoms with van der Waals surface area (Å²) in [6.45, 7) is 8.32. The molecular formula is C35H49N7O5. The Kier molecular flexibility index (Phi) is 12.7. The average Bonchev–Trinajstić information content (AvgIpc) is 3.73. The number of imidazole rings is 1. The quantitative estimate of drug-likeness (QED) is 0.0717. The number of aromatic nitrogens is 2. The molecule has 1 fully saturated rings. The number of amides is 2. The van der Waals surface area contributed by atoms with E-state index < -0.39 is 17.6 Å². The first-order valence-electron chi connectivity index (χ1n) is 16.7. The van der Waals surface area contributed by atoms with Gasteiger partial charge in [0, 0.05) is 31.4 Å². The van der Waals surface area contributed by atoms with Gasteiger partial charge in [-0.2, -0.15) is 0 Å². The third kappa shape index (κ3) is 9.31. The van der Waals surface area contributed by atoms with E-state index in [4.69, 9.17) is 19.9 Å². The van der Waals surface area contributed by atoms with Gasteiger partial charge >= 0.3 is 12.1 Å². The number of esters is 1. The fraction of sp³-hybridized carbons (Fsp3) is 0.514. The Hall–Kier alpha value is -4.45. The number of alkyl carbamates (subject to hydrolysis) is 1. The van der Waals surface area contributed by atoms with Crippen molar-refractivity contribution in [2.24, 2.45) is 7.05 Å². The number of hydrogen-bond donors (Lipinski definition) is 4. The predicted molar refractivity (Wildman–Crippen MR) is 182 cm³/mol. The number of aryl methyl sites for hydroxylation is 1. The first-order valence-corrected chi connectivity index (χ1v) is 16.7. The number of amidine groups is 1. The highest BCUT2D eigenvalue weighted by Crippen LogP contribution is 2.29. The molecule has 0 unspecified atom stereocenters. The predicted octanol–water partition coefficient (Wildman–Crippen LogP) is 5.20. The van der Waals surface area contributed by atoms with E-state index in [9.17, 15) is 14.4 Å². The number of nitrogens with zero attached hydrogens (tertiary/aromatic N) is 3. The van der Waals surface area contributed by atoms with Crippen LogP contribution >= 0.6 is 0 Å². The van der Waals surface area contributed by atoms with Crippen LogP contribution in [0.5, 0.6) is 0 Å². The highest BCUT2D eigenvalue weighted by molar-refractivity contribution is 6.04. The molecule has 2 aromatic carbocycles. The summed E-state index contributed by atoms with van der Waals surface area (Å²) in [7, 11) is 1.95. The number of rotatable bonds is 16. The second-order valence-electron chi connectivity index (χ2n) is 12.1. The van der Waals surface area contributed by atoms with E-state index in [-0.39, 0.29) is 18.3 Å². The maximum atomic E-state index is 13.8. The number of nitrogens with one attached hydrogen (secondary N) is 4. The van der Waals surface area contributed by atoms with Gasteiger partial charge in [0.15, 0.2) is 0 Å². The van der Waals surface area contributed by atoms with Crippen molar-refractivity contribution in [3.8, 4) is 0 Å². The van der Waals surface area contributed by atoms with E-state index in [1.807, 2.05) is 60.7 Å². The van der Waals surface area contributed by atoms with Gasteiger partial charge in [0.1, 0.15) is 17.2 Å². The lowest BCUT2D eigenvalue weighted by molar-refractivity contribution is -0.144. The van der Waals surface area contributed by atoms with Gasteiger partial charge in [0.25, 0.3) is 0 Å². The van der Waals surface area contributed by atoms with Crippen molar-refractivity contribution >= 4 is 40.5 Å². The number of ether oxygens (including phenoxy) is 2. The van der Waals surface area contributed by atoms with Gasteiger partial charge in [0.05, 0.1) is 37.3 Å². The number of benzene rings is 2. The number of unbranched alkanes of at least 4 members (excludes halogenated alkanes) is 3. The zero-order valence-corrected chi connectivity index (χ0v) is 28.1. The van der Waals surface area contributed by atoms with Crippen LogP contribution in [0.25, 0.3) is 11.0 Å². The number of anilines is 1. The van der Waals surface area contributed by atoms with Crippen molar-refractivity contribution in [3.05, 3.63) is 59.4 Å². The molecule has 12 nitrogen and oxygen atoms in total. The molecule has 1 atom stereocenters. The summed E-state index contributed by atoms with van der Waals surface area (Å²) >= 11 is 0. The number of carbonyl (C=O) groups is 3. The van der Waals surface area contributed by atoms with Crippen LogP contribution in [0.1, 0.15) is 82.7 Å². The van der Waals surface area contributed by atoms with Crippen molar-refractivity contribution in [1.82, 2.24) is 25.1 Å². The molecule has 0 aliphatic carbocycles. The Bertz CT molecular complexity index is 1530. The molecule has 1 saturated heterocycles. The summed E-state index contributed by atoms with van der Waals surface area (Å²) in [5.41, 5.74) is 2.65. The van der Waals surface area contributed by atoms with E-state index >= 15 is 0 Å². The molecule has 1 aliphatic heterocycles. The van der Waals surface area contributed by atoms with Crippen LogP contribution in [0.3, 0.4) is 0 Å². The van der Waals surface area contributed by atoms with Crippen molar-refractivity contribution in [2.45, 2.75) is 77.8 Å². The van der Waals surface area contributed by atoms with Gasteiger partial charge in [-0.1, -0.05) is 39.2 Å². The summed E-state index contributed by atoms with van der Waals surface area (Å²) < 4.78 is 12.4. The largest absolute Gasteiger partial charge is 0.465 e.